The van der Waals surface area contributed by atoms with Gasteiger partial charge in [-0.2, -0.15) is 0 Å². The summed E-state index contributed by atoms with van der Waals surface area (Å²) in [6.45, 7) is 14.3. The second kappa shape index (κ2) is 14.0. The summed E-state index contributed by atoms with van der Waals surface area (Å²) in [5.74, 6) is -0.123. The van der Waals surface area contributed by atoms with Gasteiger partial charge in [0.05, 0.1) is 5.02 Å². The fourth-order valence-electron chi connectivity index (χ4n) is 4.29. The van der Waals surface area contributed by atoms with Gasteiger partial charge in [0.15, 0.2) is 5.82 Å². The van der Waals surface area contributed by atoms with E-state index in [0.717, 1.165) is 59.6 Å². The zero-order chi connectivity index (χ0) is 26.8. The summed E-state index contributed by atoms with van der Waals surface area (Å²) in [4.78, 5) is 7.78. The van der Waals surface area contributed by atoms with Gasteiger partial charge in [0.25, 0.3) is 0 Å². The van der Waals surface area contributed by atoms with E-state index in [1.807, 2.05) is 32.9 Å². The zero-order valence-electron chi connectivity index (χ0n) is 22.8. The number of aliphatic imine (C=N–C) groups is 1. The Hall–Kier alpha value is -2.85. The lowest BCUT2D eigenvalue weighted by Crippen LogP contribution is -2.01. The molecule has 2 aromatic carbocycles. The van der Waals surface area contributed by atoms with Gasteiger partial charge in [0.2, 0.25) is 0 Å². The Kier molecular flexibility index (Phi) is 11.5. The Balaban J connectivity index is 0.000000324. The van der Waals surface area contributed by atoms with Crippen molar-refractivity contribution in [3.8, 4) is 0 Å². The second-order valence-corrected chi connectivity index (χ2v) is 9.84. The molecule has 0 amide bonds. The minimum Gasteiger partial charge on any atom is -0.402 e. The smallest absolute Gasteiger partial charge is 0.151 e. The minimum atomic E-state index is -0.307. The minimum absolute atomic E-state index is 0.183. The van der Waals surface area contributed by atoms with Crippen LogP contribution in [0.2, 0.25) is 5.02 Å². The van der Waals surface area contributed by atoms with Crippen molar-refractivity contribution in [3.05, 3.63) is 93.2 Å². The topological polar surface area (TPSA) is 54.2 Å². The third-order valence-electron chi connectivity index (χ3n) is 6.07. The highest BCUT2D eigenvalue weighted by molar-refractivity contribution is 6.31. The molecule has 1 aromatic heterocycles. The van der Waals surface area contributed by atoms with E-state index < -0.39 is 0 Å². The number of aryl methyl sites for hydroxylation is 2. The van der Waals surface area contributed by atoms with Crippen molar-refractivity contribution >= 4 is 28.2 Å². The number of nitrogens with one attached hydrogen (secondary N) is 1. The Labute approximate surface area is 221 Å². The highest BCUT2D eigenvalue weighted by Gasteiger charge is 2.21. The predicted molar refractivity (Wildman–Crippen MR) is 156 cm³/mol. The number of allylic oxidation sites excluding steroid dienone is 4. The van der Waals surface area contributed by atoms with Gasteiger partial charge in [-0.3, -0.25) is 4.99 Å². The average molecular weight is 510 g/mol. The Morgan fingerprint density at radius 2 is 1.78 bits per heavy atom. The first-order valence-corrected chi connectivity index (χ1v) is 13.2. The van der Waals surface area contributed by atoms with Gasteiger partial charge in [-0.05, 0) is 76.3 Å². The van der Waals surface area contributed by atoms with Crippen molar-refractivity contribution in [1.29, 1.82) is 0 Å². The van der Waals surface area contributed by atoms with E-state index in [0.29, 0.717) is 5.39 Å². The second-order valence-electron chi connectivity index (χ2n) is 9.43. The van der Waals surface area contributed by atoms with Crippen LogP contribution in [0.3, 0.4) is 0 Å². The summed E-state index contributed by atoms with van der Waals surface area (Å²) in [5.41, 5.74) is 13.8. The van der Waals surface area contributed by atoms with E-state index in [9.17, 15) is 4.39 Å². The molecule has 0 spiro atoms. The molecule has 0 fully saturated rings. The monoisotopic (exact) mass is 509 g/mol. The highest BCUT2D eigenvalue weighted by Crippen LogP contribution is 2.36. The number of unbranched alkanes of at least 4 members (excludes halogenated alkanes) is 1. The highest BCUT2D eigenvalue weighted by atomic mass is 35.5. The summed E-state index contributed by atoms with van der Waals surface area (Å²) in [6.07, 6.45) is 7.95. The predicted octanol–water partition coefficient (Wildman–Crippen LogP) is 9.39. The van der Waals surface area contributed by atoms with Gasteiger partial charge in [-0.15, -0.1) is 0 Å². The molecule has 1 unspecified atom stereocenters. The molecule has 3 aromatic rings. The first-order valence-electron chi connectivity index (χ1n) is 12.8. The van der Waals surface area contributed by atoms with Gasteiger partial charge in [-0.25, -0.2) is 4.39 Å². The van der Waals surface area contributed by atoms with Crippen LogP contribution in [0.15, 0.2) is 64.9 Å². The lowest BCUT2D eigenvalue weighted by molar-refractivity contribution is 0.638. The molecule has 0 radical (unpaired) electrons. The number of H-pyrrole nitrogens is 1. The molecule has 0 saturated carbocycles. The molecule has 1 atom stereocenters. The Morgan fingerprint density at radius 1 is 1.11 bits per heavy atom. The van der Waals surface area contributed by atoms with Crippen LogP contribution in [0.1, 0.15) is 89.1 Å². The maximum absolute atomic E-state index is 14.7. The summed E-state index contributed by atoms with van der Waals surface area (Å²) < 4.78 is 14.7. The number of aromatic nitrogens is 1. The Morgan fingerprint density at radius 3 is 2.36 bits per heavy atom. The number of aromatic amines is 1. The number of hydrogen-bond acceptors (Lipinski definition) is 2. The Bertz CT molecular complexity index is 1230. The summed E-state index contributed by atoms with van der Waals surface area (Å²) >= 11 is 6.03. The van der Waals surface area contributed by atoms with Crippen LogP contribution in [0, 0.1) is 12.7 Å². The molecule has 1 heterocycles. The normalized spacial score (nSPS) is 13.5. The van der Waals surface area contributed by atoms with E-state index in [-0.39, 0.29) is 16.8 Å². The molecule has 0 aliphatic heterocycles. The summed E-state index contributed by atoms with van der Waals surface area (Å²) in [6, 6.07) is 12.0. The summed E-state index contributed by atoms with van der Waals surface area (Å²) in [7, 11) is 0. The molecule has 0 saturated heterocycles. The largest absolute Gasteiger partial charge is 0.402 e. The van der Waals surface area contributed by atoms with E-state index >= 15 is 0 Å². The van der Waals surface area contributed by atoms with Gasteiger partial charge in [0.1, 0.15) is 0 Å². The molecule has 0 bridgehead atoms. The lowest BCUT2D eigenvalue weighted by atomic mass is 9.92. The average Bonchev–Trinajstić information content (AvgIpc) is 3.19. The van der Waals surface area contributed by atoms with Crippen LogP contribution in [0.25, 0.3) is 10.9 Å². The van der Waals surface area contributed by atoms with E-state index in [2.05, 4.69) is 68.0 Å². The van der Waals surface area contributed by atoms with Gasteiger partial charge in [-0.1, -0.05) is 74.7 Å². The first-order chi connectivity index (χ1) is 17.1. The molecular weight excluding hydrogens is 469 g/mol. The molecule has 3 N–H and O–H groups in total. The summed E-state index contributed by atoms with van der Waals surface area (Å²) in [5, 5.41) is 0.846. The molecule has 3 rings (SSSR count). The molecule has 3 nitrogen and oxygen atoms in total. The van der Waals surface area contributed by atoms with Crippen LogP contribution in [0.5, 0.6) is 0 Å². The van der Waals surface area contributed by atoms with Crippen LogP contribution in [-0.2, 0) is 6.42 Å². The number of nitrogens with zero attached hydrogens (tertiary/aromatic N) is 1. The number of nitrogens with two attached hydrogens (primary N) is 1. The van der Waals surface area contributed by atoms with Crippen molar-refractivity contribution in [1.82, 2.24) is 4.98 Å². The number of fused-ring (bicyclic) bond motifs is 1. The van der Waals surface area contributed by atoms with Crippen LogP contribution < -0.4 is 5.73 Å². The van der Waals surface area contributed by atoms with Crippen LogP contribution >= 0.6 is 11.6 Å². The van der Waals surface area contributed by atoms with Crippen molar-refractivity contribution in [2.45, 2.75) is 80.1 Å². The van der Waals surface area contributed by atoms with Crippen molar-refractivity contribution < 1.29 is 4.39 Å². The van der Waals surface area contributed by atoms with Gasteiger partial charge in [0, 0.05) is 39.6 Å². The molecular formula is C31H41ClFN3. The standard InChI is InChI=1S/C21H23ClFN.C10H18N2/c1-4-5-6-16-19-18(12-11-17(22)20(19)23)24-21(16)14(3)15-9-7-13(2)8-10-15;1-5-6-9(3)12-10(4)7-8(2)11/h7-12,14,24H,4-6H2,1-3H3;6-7H,5,11H2,1-4H3/b;8-7+,9-6+,12-10+. The van der Waals surface area contributed by atoms with Crippen LogP contribution in [-0.4, -0.2) is 10.7 Å². The fourth-order valence-corrected chi connectivity index (χ4v) is 4.45. The molecule has 36 heavy (non-hydrogen) atoms. The quantitative estimate of drug-likeness (QED) is 0.292. The van der Waals surface area contributed by atoms with Crippen molar-refractivity contribution in [2.24, 2.45) is 10.7 Å². The van der Waals surface area contributed by atoms with Crippen LogP contribution in [0.4, 0.5) is 4.39 Å². The van der Waals surface area contributed by atoms with E-state index in [4.69, 9.17) is 17.3 Å². The molecule has 194 valence electrons. The number of halogens is 2. The molecule has 0 aliphatic carbocycles. The van der Waals surface area contributed by atoms with Crippen molar-refractivity contribution in [3.63, 3.8) is 0 Å². The number of hydrogen-bond donors (Lipinski definition) is 2. The third kappa shape index (κ3) is 8.09. The molecule has 0 aliphatic rings. The SMILES string of the molecule is CC/C=C(C)/N=C(C)/C=C(\C)N.CCCCc1c(C(C)c2ccc(C)cc2)[nH]c2ccc(Cl)c(F)c12. The zero-order valence-corrected chi connectivity index (χ0v) is 23.6. The first kappa shape index (κ1) is 29.4. The lowest BCUT2D eigenvalue weighted by Gasteiger charge is -2.14. The fraction of sp³-hybridized carbons (Fsp3) is 0.387. The maximum Gasteiger partial charge on any atom is 0.151 e. The van der Waals surface area contributed by atoms with Gasteiger partial charge >= 0.3 is 0 Å². The van der Waals surface area contributed by atoms with Crippen molar-refractivity contribution in [2.75, 3.05) is 0 Å². The van der Waals surface area contributed by atoms with E-state index in [1.165, 1.54) is 11.1 Å². The van der Waals surface area contributed by atoms with E-state index in [1.54, 1.807) is 6.07 Å². The maximum atomic E-state index is 14.7. The third-order valence-corrected chi connectivity index (χ3v) is 6.36. The molecule has 5 heteroatoms. The number of rotatable bonds is 8. The number of benzene rings is 2. The van der Waals surface area contributed by atoms with Gasteiger partial charge < -0.3 is 10.7 Å².